The van der Waals surface area contributed by atoms with Gasteiger partial charge >= 0.3 is 12.0 Å². The second-order valence-electron chi connectivity index (χ2n) is 6.21. The molecule has 1 aromatic carbocycles. The van der Waals surface area contributed by atoms with Crippen molar-refractivity contribution in [2.45, 2.75) is 19.3 Å². The number of rotatable bonds is 3. The molecule has 1 saturated carbocycles. The van der Waals surface area contributed by atoms with Gasteiger partial charge in [-0.3, -0.25) is 4.79 Å². The Balaban J connectivity index is 1.76. The van der Waals surface area contributed by atoms with Crippen LogP contribution in [0.5, 0.6) is 5.75 Å². The van der Waals surface area contributed by atoms with Crippen molar-refractivity contribution in [1.29, 1.82) is 0 Å². The Bertz CT molecular complexity index is 651. The summed E-state index contributed by atoms with van der Waals surface area (Å²) in [6.45, 7) is 0.725. The summed E-state index contributed by atoms with van der Waals surface area (Å²) in [6, 6.07) is 4.65. The molecule has 0 spiro atoms. The molecule has 1 heterocycles. The molecular formula is C16H19ClN2O4. The molecule has 3 rings (SSSR count). The number of benzene rings is 1. The molecule has 0 bridgehead atoms. The number of halogens is 1. The van der Waals surface area contributed by atoms with Crippen molar-refractivity contribution < 1.29 is 19.4 Å². The fourth-order valence-corrected chi connectivity index (χ4v) is 3.94. The number of carboxylic acids is 1. The number of nitrogens with one attached hydrogen (secondary N) is 1. The monoisotopic (exact) mass is 338 g/mol. The number of urea groups is 1. The minimum Gasteiger partial charge on any atom is -0.495 e. The molecule has 0 unspecified atom stereocenters. The lowest BCUT2D eigenvalue weighted by atomic mass is 9.81. The molecule has 23 heavy (non-hydrogen) atoms. The first-order valence-electron chi connectivity index (χ1n) is 7.59. The van der Waals surface area contributed by atoms with Gasteiger partial charge in [-0.25, -0.2) is 4.79 Å². The van der Waals surface area contributed by atoms with Gasteiger partial charge in [-0.1, -0.05) is 18.0 Å². The van der Waals surface area contributed by atoms with Crippen molar-refractivity contribution in [2.75, 3.05) is 25.5 Å². The summed E-state index contributed by atoms with van der Waals surface area (Å²) in [5.74, 6) is -0.252. The Labute approximate surface area is 139 Å². The van der Waals surface area contributed by atoms with Gasteiger partial charge < -0.3 is 20.1 Å². The van der Waals surface area contributed by atoms with E-state index in [2.05, 4.69) is 5.32 Å². The van der Waals surface area contributed by atoms with Crippen LogP contribution in [0.15, 0.2) is 18.2 Å². The molecular weight excluding hydrogens is 320 g/mol. The van der Waals surface area contributed by atoms with Crippen molar-refractivity contribution >= 4 is 29.3 Å². The smallest absolute Gasteiger partial charge is 0.321 e. The van der Waals surface area contributed by atoms with E-state index >= 15 is 0 Å². The first kappa shape index (κ1) is 15.9. The third-order valence-corrected chi connectivity index (χ3v) is 5.22. The average Bonchev–Trinajstić information content (AvgIpc) is 3.05. The molecule has 2 aliphatic rings. The van der Waals surface area contributed by atoms with Gasteiger partial charge in [0.25, 0.3) is 0 Å². The molecule has 2 amide bonds. The van der Waals surface area contributed by atoms with E-state index in [0.717, 1.165) is 12.8 Å². The summed E-state index contributed by atoms with van der Waals surface area (Å²) < 4.78 is 5.21. The van der Waals surface area contributed by atoms with Gasteiger partial charge in [-0.2, -0.15) is 0 Å². The number of hydrogen-bond acceptors (Lipinski definition) is 3. The summed E-state index contributed by atoms with van der Waals surface area (Å²) in [5, 5.41) is 12.8. The minimum atomic E-state index is -0.796. The van der Waals surface area contributed by atoms with Crippen LogP contribution in [0.2, 0.25) is 5.02 Å². The maximum absolute atomic E-state index is 12.5. The van der Waals surface area contributed by atoms with E-state index in [1.165, 1.54) is 7.11 Å². The Morgan fingerprint density at radius 1 is 1.48 bits per heavy atom. The highest BCUT2D eigenvalue weighted by Crippen LogP contribution is 2.49. The van der Waals surface area contributed by atoms with Crippen LogP contribution in [0.4, 0.5) is 10.5 Å². The minimum absolute atomic E-state index is 0.0343. The quantitative estimate of drug-likeness (QED) is 0.887. The molecule has 124 valence electrons. The zero-order valence-corrected chi connectivity index (χ0v) is 13.6. The van der Waals surface area contributed by atoms with E-state index in [9.17, 15) is 14.7 Å². The van der Waals surface area contributed by atoms with E-state index in [-0.39, 0.29) is 18.5 Å². The van der Waals surface area contributed by atoms with Crippen LogP contribution in [0.3, 0.4) is 0 Å². The number of carbonyl (C=O) groups is 2. The van der Waals surface area contributed by atoms with Gasteiger partial charge in [0.05, 0.1) is 18.2 Å². The van der Waals surface area contributed by atoms with Crippen LogP contribution in [0.1, 0.15) is 19.3 Å². The van der Waals surface area contributed by atoms with Crippen molar-refractivity contribution in [3.8, 4) is 5.75 Å². The highest BCUT2D eigenvalue weighted by atomic mass is 35.5. The number of nitrogens with zero attached hydrogens (tertiary/aromatic N) is 1. The predicted molar refractivity (Wildman–Crippen MR) is 86.0 cm³/mol. The van der Waals surface area contributed by atoms with Gasteiger partial charge in [0.2, 0.25) is 0 Å². The number of carboxylic acid groups (broad SMARTS) is 1. The lowest BCUT2D eigenvalue weighted by molar-refractivity contribution is -0.149. The van der Waals surface area contributed by atoms with Gasteiger partial charge in [-0.05, 0) is 37.0 Å². The number of carbonyl (C=O) groups excluding carboxylic acids is 1. The molecule has 1 aliphatic heterocycles. The summed E-state index contributed by atoms with van der Waals surface area (Å²) in [4.78, 5) is 25.8. The molecule has 1 aliphatic carbocycles. The lowest BCUT2D eigenvalue weighted by Gasteiger charge is -2.23. The first-order valence-corrected chi connectivity index (χ1v) is 7.97. The van der Waals surface area contributed by atoms with E-state index in [1.807, 2.05) is 0 Å². The lowest BCUT2D eigenvalue weighted by Crippen LogP contribution is -2.38. The molecule has 1 saturated heterocycles. The third kappa shape index (κ3) is 2.72. The summed E-state index contributed by atoms with van der Waals surface area (Å²) >= 11 is 5.96. The van der Waals surface area contributed by atoms with Gasteiger partial charge in [-0.15, -0.1) is 0 Å². The van der Waals surface area contributed by atoms with E-state index < -0.39 is 11.4 Å². The number of ether oxygens (including phenoxy) is 1. The largest absolute Gasteiger partial charge is 0.495 e. The van der Waals surface area contributed by atoms with Crippen LogP contribution < -0.4 is 10.1 Å². The topological polar surface area (TPSA) is 78.9 Å². The van der Waals surface area contributed by atoms with Gasteiger partial charge in [0.15, 0.2) is 0 Å². The Morgan fingerprint density at radius 2 is 2.26 bits per heavy atom. The first-order chi connectivity index (χ1) is 11.0. The SMILES string of the molecule is COc1ccc(Cl)cc1NC(=O)N1C[C@@H]2CCC[C@@]2(C(=O)O)C1. The molecule has 0 radical (unpaired) electrons. The maximum Gasteiger partial charge on any atom is 0.321 e. The van der Waals surface area contributed by atoms with Gasteiger partial charge in [0, 0.05) is 18.1 Å². The number of amides is 2. The maximum atomic E-state index is 12.5. The van der Waals surface area contributed by atoms with Crippen LogP contribution >= 0.6 is 11.6 Å². The predicted octanol–water partition coefficient (Wildman–Crippen LogP) is 3.07. The highest BCUT2D eigenvalue weighted by Gasteiger charge is 2.55. The van der Waals surface area contributed by atoms with Crippen molar-refractivity contribution in [3.63, 3.8) is 0 Å². The highest BCUT2D eigenvalue weighted by molar-refractivity contribution is 6.31. The zero-order valence-electron chi connectivity index (χ0n) is 12.8. The summed E-state index contributed by atoms with van der Waals surface area (Å²) in [7, 11) is 1.51. The number of fused-ring (bicyclic) bond motifs is 1. The van der Waals surface area contributed by atoms with Crippen LogP contribution in [-0.4, -0.2) is 42.2 Å². The van der Waals surface area contributed by atoms with Crippen LogP contribution in [0.25, 0.3) is 0 Å². The normalized spacial score (nSPS) is 26.0. The van der Waals surface area contributed by atoms with E-state index in [0.29, 0.717) is 29.4 Å². The zero-order chi connectivity index (χ0) is 16.6. The second-order valence-corrected chi connectivity index (χ2v) is 6.64. The number of aliphatic carboxylic acids is 1. The van der Waals surface area contributed by atoms with Crippen LogP contribution in [0, 0.1) is 11.3 Å². The number of hydrogen-bond donors (Lipinski definition) is 2. The van der Waals surface area contributed by atoms with Crippen LogP contribution in [-0.2, 0) is 4.79 Å². The number of likely N-dealkylation sites (tertiary alicyclic amines) is 1. The van der Waals surface area contributed by atoms with E-state index in [1.54, 1.807) is 23.1 Å². The summed E-state index contributed by atoms with van der Waals surface area (Å²) in [6.07, 6.45) is 2.41. The molecule has 2 atom stereocenters. The Kier molecular flexibility index (Phi) is 4.10. The number of methoxy groups -OCH3 is 1. The van der Waals surface area contributed by atoms with Gasteiger partial charge in [0.1, 0.15) is 5.75 Å². The fraction of sp³-hybridized carbons (Fsp3) is 0.500. The number of anilines is 1. The molecule has 6 nitrogen and oxygen atoms in total. The van der Waals surface area contributed by atoms with Crippen molar-refractivity contribution in [3.05, 3.63) is 23.2 Å². The van der Waals surface area contributed by atoms with E-state index in [4.69, 9.17) is 16.3 Å². The molecule has 0 aromatic heterocycles. The molecule has 7 heteroatoms. The standard InChI is InChI=1S/C16H19ClN2O4/c1-23-13-5-4-11(17)7-12(13)18-15(22)19-8-10-3-2-6-16(10,9-19)14(20)21/h4-5,7,10H,2-3,6,8-9H2,1H3,(H,18,22)(H,20,21)/t10-,16+/m0/s1. The van der Waals surface area contributed by atoms with Crippen molar-refractivity contribution in [2.24, 2.45) is 11.3 Å². The molecule has 2 N–H and O–H groups in total. The summed E-state index contributed by atoms with van der Waals surface area (Å²) in [5.41, 5.74) is -0.304. The third-order valence-electron chi connectivity index (χ3n) is 4.99. The fourth-order valence-electron chi connectivity index (χ4n) is 3.77. The average molecular weight is 339 g/mol. The molecule has 1 aromatic rings. The van der Waals surface area contributed by atoms with Crippen molar-refractivity contribution in [1.82, 2.24) is 4.90 Å². The second kappa shape index (κ2) is 5.92. The Hall–Kier alpha value is -1.95. The molecule has 2 fully saturated rings. The Morgan fingerprint density at radius 3 is 2.91 bits per heavy atom.